The van der Waals surface area contributed by atoms with Gasteiger partial charge in [0.15, 0.2) is 0 Å². The molecule has 0 atom stereocenters. The van der Waals surface area contributed by atoms with E-state index in [4.69, 9.17) is 5.11 Å². The fraction of sp³-hybridized carbons (Fsp3) is 0.400. The topological polar surface area (TPSA) is 40.5 Å². The van der Waals surface area contributed by atoms with Gasteiger partial charge >= 0.3 is 0 Å². The van der Waals surface area contributed by atoms with Crippen molar-refractivity contribution in [1.29, 1.82) is 0 Å². The Bertz CT molecular complexity index is 570. The molecule has 2 nitrogen and oxygen atoms in total. The van der Waals surface area contributed by atoms with Gasteiger partial charge in [0.05, 0.1) is 0 Å². The number of halogens is 1. The van der Waals surface area contributed by atoms with E-state index in [1.54, 1.807) is 18.2 Å². The smallest absolute Gasteiger partial charge is 0.119 e. The summed E-state index contributed by atoms with van der Waals surface area (Å²) in [6.07, 6.45) is 0. The first-order valence-electron chi connectivity index (χ1n) is 7.81. The number of aromatic hydroxyl groups is 2. The zero-order valence-corrected chi connectivity index (χ0v) is 18.7. The van der Waals surface area contributed by atoms with Crippen molar-refractivity contribution in [3.63, 3.8) is 0 Å². The third-order valence-corrected chi connectivity index (χ3v) is 3.68. The molecule has 0 radical (unpaired) electrons. The van der Waals surface area contributed by atoms with E-state index in [9.17, 15) is 5.11 Å². The van der Waals surface area contributed by atoms with E-state index in [2.05, 4.69) is 27.7 Å². The van der Waals surface area contributed by atoms with E-state index in [-0.39, 0.29) is 38.6 Å². The molecule has 0 saturated carbocycles. The largest absolute Gasteiger partial charge is 0.508 e. The van der Waals surface area contributed by atoms with Crippen LogP contribution in [0.3, 0.4) is 0 Å². The average molecular weight is 428 g/mol. The molecule has 0 unspecified atom stereocenters. The van der Waals surface area contributed by atoms with Crippen molar-refractivity contribution < 1.29 is 36.4 Å². The molecule has 4 heteroatoms. The van der Waals surface area contributed by atoms with Crippen LogP contribution >= 0.6 is 12.4 Å². The SMILES string of the molecule is Cc1cc(O)ccc1C(C)C.Cc1ccc(C(C)C)c(O)c1.Cl.[Zr]. The van der Waals surface area contributed by atoms with Gasteiger partial charge in [-0.2, -0.15) is 0 Å². The molecule has 2 aromatic carbocycles. The molecule has 0 amide bonds. The number of rotatable bonds is 2. The molecule has 0 spiro atoms. The van der Waals surface area contributed by atoms with Crippen LogP contribution in [0.25, 0.3) is 0 Å². The quantitative estimate of drug-likeness (QED) is 0.610. The van der Waals surface area contributed by atoms with Crippen LogP contribution in [0.2, 0.25) is 0 Å². The minimum absolute atomic E-state index is 0. The van der Waals surface area contributed by atoms with Crippen LogP contribution in [0.4, 0.5) is 0 Å². The Morgan fingerprint density at radius 2 is 1.25 bits per heavy atom. The second-order valence-corrected chi connectivity index (χ2v) is 6.41. The van der Waals surface area contributed by atoms with Crippen molar-refractivity contribution in [1.82, 2.24) is 0 Å². The van der Waals surface area contributed by atoms with Gasteiger partial charge < -0.3 is 10.2 Å². The van der Waals surface area contributed by atoms with Gasteiger partial charge in [0, 0.05) is 26.2 Å². The molecule has 0 aliphatic carbocycles. The van der Waals surface area contributed by atoms with Crippen molar-refractivity contribution in [3.8, 4) is 11.5 Å². The summed E-state index contributed by atoms with van der Waals surface area (Å²) >= 11 is 0. The summed E-state index contributed by atoms with van der Waals surface area (Å²) in [5.41, 5.74) is 4.60. The van der Waals surface area contributed by atoms with Gasteiger partial charge in [-0.15, -0.1) is 12.4 Å². The van der Waals surface area contributed by atoms with Crippen LogP contribution in [-0.4, -0.2) is 10.2 Å². The predicted octanol–water partition coefficient (Wildman–Crippen LogP) is 6.07. The van der Waals surface area contributed by atoms with Crippen molar-refractivity contribution >= 4 is 12.4 Å². The molecule has 0 aliphatic rings. The fourth-order valence-electron chi connectivity index (χ4n) is 2.45. The Hall–Kier alpha value is -0.787. The minimum atomic E-state index is 0. The molecular formula is C20H29ClO2Zr. The number of aryl methyl sites for hydroxylation is 2. The summed E-state index contributed by atoms with van der Waals surface area (Å²) in [7, 11) is 0. The monoisotopic (exact) mass is 426 g/mol. The Morgan fingerprint density at radius 3 is 1.67 bits per heavy atom. The molecule has 0 heterocycles. The van der Waals surface area contributed by atoms with Gasteiger partial charge in [-0.05, 0) is 66.1 Å². The van der Waals surface area contributed by atoms with Crippen LogP contribution < -0.4 is 0 Å². The molecule has 0 aromatic heterocycles. The van der Waals surface area contributed by atoms with Gasteiger partial charge in [0.2, 0.25) is 0 Å². The van der Waals surface area contributed by atoms with Gasteiger partial charge in [-0.25, -0.2) is 0 Å². The molecule has 0 bridgehead atoms. The van der Waals surface area contributed by atoms with Gasteiger partial charge in [-0.1, -0.05) is 45.9 Å². The molecule has 132 valence electrons. The maximum atomic E-state index is 9.46. The molecule has 24 heavy (non-hydrogen) atoms. The Morgan fingerprint density at radius 1 is 0.750 bits per heavy atom. The van der Waals surface area contributed by atoms with E-state index >= 15 is 0 Å². The molecule has 2 rings (SSSR count). The summed E-state index contributed by atoms with van der Waals surface area (Å²) in [6.45, 7) is 12.5. The standard InChI is InChI=1S/2C10H14O.ClH.Zr/c1-7(2)10-5-4-9(11)6-8(10)3;1-7(2)9-5-4-8(3)6-10(9)11;;/h2*4-7,11H,1-3H3;1H;. The van der Waals surface area contributed by atoms with Crippen LogP contribution in [-0.2, 0) is 26.2 Å². The van der Waals surface area contributed by atoms with Crippen LogP contribution in [0, 0.1) is 13.8 Å². The first kappa shape index (κ1) is 25.5. The maximum Gasteiger partial charge on any atom is 0.119 e. The summed E-state index contributed by atoms with van der Waals surface area (Å²) in [6, 6.07) is 11.3. The van der Waals surface area contributed by atoms with E-state index in [0.29, 0.717) is 23.3 Å². The van der Waals surface area contributed by atoms with Gasteiger partial charge in [0.1, 0.15) is 11.5 Å². The zero-order valence-electron chi connectivity index (χ0n) is 15.4. The fourth-order valence-corrected chi connectivity index (χ4v) is 2.45. The molecule has 0 fully saturated rings. The van der Waals surface area contributed by atoms with Crippen molar-refractivity contribution in [2.24, 2.45) is 0 Å². The Kier molecular flexibility index (Phi) is 12.4. The maximum absolute atomic E-state index is 9.46. The van der Waals surface area contributed by atoms with Crippen molar-refractivity contribution in [2.45, 2.75) is 53.4 Å². The second-order valence-electron chi connectivity index (χ2n) is 6.41. The third-order valence-electron chi connectivity index (χ3n) is 3.68. The predicted molar refractivity (Wildman–Crippen MR) is 101 cm³/mol. The number of hydrogen-bond acceptors (Lipinski definition) is 2. The summed E-state index contributed by atoms with van der Waals surface area (Å²) in [4.78, 5) is 0. The first-order valence-corrected chi connectivity index (χ1v) is 7.81. The summed E-state index contributed by atoms with van der Waals surface area (Å²) < 4.78 is 0. The molecule has 0 aliphatic heterocycles. The van der Waals surface area contributed by atoms with Crippen molar-refractivity contribution in [2.75, 3.05) is 0 Å². The zero-order chi connectivity index (χ0) is 16.9. The van der Waals surface area contributed by atoms with Gasteiger partial charge in [-0.3, -0.25) is 0 Å². The number of phenolic OH excluding ortho intramolecular Hbond substituents is 2. The summed E-state index contributed by atoms with van der Waals surface area (Å²) in [5.74, 6) is 1.71. The molecule has 2 N–H and O–H groups in total. The minimum Gasteiger partial charge on any atom is -0.508 e. The normalized spacial score (nSPS) is 9.67. The van der Waals surface area contributed by atoms with Crippen LogP contribution in [0.1, 0.15) is 61.8 Å². The van der Waals surface area contributed by atoms with E-state index < -0.39 is 0 Å². The van der Waals surface area contributed by atoms with Crippen LogP contribution in [0.5, 0.6) is 11.5 Å². The molecule has 2 aromatic rings. The molecule has 0 saturated heterocycles. The number of benzene rings is 2. The average Bonchev–Trinajstić information content (AvgIpc) is 2.38. The van der Waals surface area contributed by atoms with E-state index in [1.807, 2.05) is 32.0 Å². The number of hydrogen-bond donors (Lipinski definition) is 2. The van der Waals surface area contributed by atoms with E-state index in [0.717, 1.165) is 11.1 Å². The number of phenols is 2. The Balaban J connectivity index is 0. The van der Waals surface area contributed by atoms with E-state index in [1.165, 1.54) is 11.1 Å². The first-order chi connectivity index (χ1) is 10.2. The van der Waals surface area contributed by atoms with Gasteiger partial charge in [0.25, 0.3) is 0 Å². The molecular weight excluding hydrogens is 399 g/mol. The Labute approximate surface area is 171 Å². The third kappa shape index (κ3) is 7.86. The second kappa shape index (κ2) is 11.7. The van der Waals surface area contributed by atoms with Crippen molar-refractivity contribution in [3.05, 3.63) is 58.7 Å². The van der Waals surface area contributed by atoms with Crippen LogP contribution in [0.15, 0.2) is 36.4 Å². The summed E-state index contributed by atoms with van der Waals surface area (Å²) in [5, 5.41) is 18.6.